The summed E-state index contributed by atoms with van der Waals surface area (Å²) in [6.45, 7) is 3.64. The van der Waals surface area contributed by atoms with Gasteiger partial charge in [0.2, 0.25) is 5.91 Å². The monoisotopic (exact) mass is 429 g/mol. The number of fused-ring (bicyclic) bond motifs is 1. The summed E-state index contributed by atoms with van der Waals surface area (Å²) in [5.41, 5.74) is 8.88. The van der Waals surface area contributed by atoms with Gasteiger partial charge < -0.3 is 15.8 Å². The molecule has 2 heterocycles. The van der Waals surface area contributed by atoms with Crippen LogP contribution >= 0.6 is 11.6 Å². The first kappa shape index (κ1) is 21.3. The first-order valence-corrected chi connectivity index (χ1v) is 9.42. The van der Waals surface area contributed by atoms with Crippen LogP contribution in [-0.4, -0.2) is 39.5 Å². The Balaban J connectivity index is 1.78. The van der Waals surface area contributed by atoms with Gasteiger partial charge in [0, 0.05) is 17.8 Å². The van der Waals surface area contributed by atoms with Crippen molar-refractivity contribution in [2.75, 3.05) is 12.4 Å². The number of hydrogen-bond donors (Lipinski definition) is 2. The van der Waals surface area contributed by atoms with Crippen LogP contribution in [0, 0.1) is 13.8 Å². The number of anilines is 1. The molecule has 0 unspecified atom stereocenters. The summed E-state index contributed by atoms with van der Waals surface area (Å²) >= 11 is 6.12. The molecule has 2 amide bonds. The Hall–Kier alpha value is -3.46. The van der Waals surface area contributed by atoms with E-state index < -0.39 is 11.9 Å². The predicted molar refractivity (Wildman–Crippen MR) is 111 cm³/mol. The minimum Gasteiger partial charge on any atom is -0.465 e. The van der Waals surface area contributed by atoms with E-state index in [1.165, 1.54) is 36.0 Å². The minimum atomic E-state index is -0.602. The van der Waals surface area contributed by atoms with Crippen LogP contribution in [0.15, 0.2) is 24.4 Å². The van der Waals surface area contributed by atoms with E-state index in [-0.39, 0.29) is 23.5 Å². The predicted octanol–water partition coefficient (Wildman–Crippen LogP) is 2.46. The number of rotatable bonds is 6. The molecule has 0 spiro atoms. The number of hydrogen-bond acceptors (Lipinski definition) is 6. The van der Waals surface area contributed by atoms with Crippen LogP contribution in [0.3, 0.4) is 0 Å². The molecule has 0 aliphatic rings. The van der Waals surface area contributed by atoms with Gasteiger partial charge in [0.05, 0.1) is 29.6 Å². The summed E-state index contributed by atoms with van der Waals surface area (Å²) in [5.74, 6) is -1.41. The molecule has 10 heteroatoms. The van der Waals surface area contributed by atoms with Gasteiger partial charge in [-0.2, -0.15) is 5.10 Å². The van der Waals surface area contributed by atoms with E-state index in [1.807, 2.05) is 6.92 Å². The second kappa shape index (κ2) is 8.50. The van der Waals surface area contributed by atoms with Crippen LogP contribution in [0.5, 0.6) is 0 Å². The first-order valence-electron chi connectivity index (χ1n) is 9.04. The van der Waals surface area contributed by atoms with Crippen LogP contribution in [0.25, 0.3) is 5.65 Å². The molecule has 2 aromatic heterocycles. The number of primary amides is 1. The molecule has 9 nitrogen and oxygen atoms in total. The largest absolute Gasteiger partial charge is 0.465 e. The van der Waals surface area contributed by atoms with E-state index in [0.717, 1.165) is 11.3 Å². The summed E-state index contributed by atoms with van der Waals surface area (Å²) in [7, 11) is 1.27. The van der Waals surface area contributed by atoms with Gasteiger partial charge in [0.25, 0.3) is 5.91 Å². The molecule has 0 fully saturated rings. The van der Waals surface area contributed by atoms with Crippen LogP contribution in [0.4, 0.5) is 5.69 Å². The smallest absolute Gasteiger partial charge is 0.337 e. The summed E-state index contributed by atoms with van der Waals surface area (Å²) in [5, 5.41) is 7.19. The third kappa shape index (κ3) is 4.11. The number of aromatic nitrogens is 3. The average Bonchev–Trinajstić information content (AvgIpc) is 3.13. The quantitative estimate of drug-likeness (QED) is 0.579. The molecule has 0 saturated carbocycles. The van der Waals surface area contributed by atoms with E-state index in [9.17, 15) is 14.4 Å². The minimum absolute atomic E-state index is 0.150. The zero-order valence-electron chi connectivity index (χ0n) is 16.7. The molecule has 0 saturated heterocycles. The SMILES string of the molecule is COC(=O)c1ccc(Cl)c(NC(=O)CCc2c(C)nc3c(C(N)=O)cnn3c2C)c1. The Labute approximate surface area is 177 Å². The molecular formula is C20H20ClN5O4. The van der Waals surface area contributed by atoms with Crippen molar-refractivity contribution in [1.82, 2.24) is 14.6 Å². The van der Waals surface area contributed by atoms with Gasteiger partial charge in [-0.3, -0.25) is 9.59 Å². The highest BCUT2D eigenvalue weighted by atomic mass is 35.5. The van der Waals surface area contributed by atoms with Crippen LogP contribution in [-0.2, 0) is 16.0 Å². The number of carbonyl (C=O) groups excluding carboxylic acids is 3. The number of methoxy groups -OCH3 is 1. The van der Waals surface area contributed by atoms with Crippen molar-refractivity contribution in [2.24, 2.45) is 5.73 Å². The molecule has 0 aliphatic heterocycles. The van der Waals surface area contributed by atoms with Crippen LogP contribution < -0.4 is 11.1 Å². The number of ether oxygens (including phenoxy) is 1. The van der Waals surface area contributed by atoms with Crippen molar-refractivity contribution >= 4 is 40.7 Å². The van der Waals surface area contributed by atoms with Crippen molar-refractivity contribution in [3.63, 3.8) is 0 Å². The van der Waals surface area contributed by atoms with E-state index in [2.05, 4.69) is 20.1 Å². The number of amides is 2. The molecule has 0 aliphatic carbocycles. The Morgan fingerprint density at radius 2 is 2.00 bits per heavy atom. The van der Waals surface area contributed by atoms with Crippen molar-refractivity contribution in [1.29, 1.82) is 0 Å². The second-order valence-corrected chi connectivity index (χ2v) is 7.06. The molecule has 3 N–H and O–H groups in total. The second-order valence-electron chi connectivity index (χ2n) is 6.65. The highest BCUT2D eigenvalue weighted by Crippen LogP contribution is 2.24. The highest BCUT2D eigenvalue weighted by molar-refractivity contribution is 6.33. The molecule has 3 rings (SSSR count). The van der Waals surface area contributed by atoms with Gasteiger partial charge in [-0.15, -0.1) is 0 Å². The molecule has 1 aromatic carbocycles. The Morgan fingerprint density at radius 1 is 1.27 bits per heavy atom. The third-order valence-electron chi connectivity index (χ3n) is 4.74. The number of nitrogens with zero attached hydrogens (tertiary/aromatic N) is 3. The molecule has 30 heavy (non-hydrogen) atoms. The van der Waals surface area contributed by atoms with Crippen molar-refractivity contribution in [3.8, 4) is 0 Å². The van der Waals surface area contributed by atoms with Crippen molar-refractivity contribution in [2.45, 2.75) is 26.7 Å². The number of esters is 1. The number of aryl methyl sites for hydroxylation is 2. The van der Waals surface area contributed by atoms with Crippen molar-refractivity contribution < 1.29 is 19.1 Å². The number of nitrogens with one attached hydrogen (secondary N) is 1. The molecule has 3 aromatic rings. The highest BCUT2D eigenvalue weighted by Gasteiger charge is 2.17. The topological polar surface area (TPSA) is 129 Å². The average molecular weight is 430 g/mol. The summed E-state index contributed by atoms with van der Waals surface area (Å²) in [6, 6.07) is 4.50. The number of benzene rings is 1. The lowest BCUT2D eigenvalue weighted by Gasteiger charge is -2.12. The maximum absolute atomic E-state index is 12.5. The van der Waals surface area contributed by atoms with Gasteiger partial charge in [0.15, 0.2) is 5.65 Å². The molecule has 0 atom stereocenters. The van der Waals surface area contributed by atoms with Crippen LogP contribution in [0.2, 0.25) is 5.02 Å². The van der Waals surface area contributed by atoms with Crippen LogP contribution in [0.1, 0.15) is 44.1 Å². The summed E-state index contributed by atoms with van der Waals surface area (Å²) < 4.78 is 6.22. The Morgan fingerprint density at radius 3 is 2.67 bits per heavy atom. The fourth-order valence-electron chi connectivity index (χ4n) is 3.16. The molecule has 0 radical (unpaired) electrons. The van der Waals surface area contributed by atoms with Gasteiger partial charge in [-0.1, -0.05) is 11.6 Å². The maximum Gasteiger partial charge on any atom is 0.337 e. The van der Waals surface area contributed by atoms with Gasteiger partial charge in [-0.25, -0.2) is 14.3 Å². The molecular weight excluding hydrogens is 410 g/mol. The Kier molecular flexibility index (Phi) is 6.02. The van der Waals surface area contributed by atoms with Gasteiger partial charge >= 0.3 is 5.97 Å². The molecule has 156 valence electrons. The maximum atomic E-state index is 12.5. The van der Waals surface area contributed by atoms with E-state index in [1.54, 1.807) is 6.92 Å². The molecule has 0 bridgehead atoms. The van der Waals surface area contributed by atoms with E-state index >= 15 is 0 Å². The zero-order valence-corrected chi connectivity index (χ0v) is 17.4. The number of carbonyl (C=O) groups is 3. The lowest BCUT2D eigenvalue weighted by atomic mass is 10.1. The number of halogens is 1. The van der Waals surface area contributed by atoms with E-state index in [4.69, 9.17) is 17.3 Å². The normalized spacial score (nSPS) is 10.8. The third-order valence-corrected chi connectivity index (χ3v) is 5.07. The van der Waals surface area contributed by atoms with Crippen molar-refractivity contribution in [3.05, 3.63) is 57.5 Å². The fraction of sp³-hybridized carbons (Fsp3) is 0.250. The lowest BCUT2D eigenvalue weighted by Crippen LogP contribution is -2.16. The lowest BCUT2D eigenvalue weighted by molar-refractivity contribution is -0.116. The van der Waals surface area contributed by atoms with Gasteiger partial charge in [0.1, 0.15) is 5.56 Å². The first-order chi connectivity index (χ1) is 14.2. The standard InChI is InChI=1S/C20H20ClN5O4/c1-10-13(11(2)26-19(24-10)14(9-23-26)18(22)28)5-7-17(27)25-16-8-12(20(29)30-3)4-6-15(16)21/h4,6,8-9H,5,7H2,1-3H3,(H2,22,28)(H,25,27). The zero-order chi connectivity index (χ0) is 22.0. The number of nitrogens with two attached hydrogens (primary N) is 1. The fourth-order valence-corrected chi connectivity index (χ4v) is 3.33. The summed E-state index contributed by atoms with van der Waals surface area (Å²) in [6.07, 6.45) is 1.92. The Bertz CT molecular complexity index is 1170. The van der Waals surface area contributed by atoms with E-state index in [0.29, 0.717) is 28.5 Å². The van der Waals surface area contributed by atoms with Gasteiger partial charge in [-0.05, 0) is 44.0 Å². The summed E-state index contributed by atoms with van der Waals surface area (Å²) in [4.78, 5) is 40.1.